The topological polar surface area (TPSA) is 134 Å². The van der Waals surface area contributed by atoms with Gasteiger partial charge in [-0.15, -0.1) is 0 Å². The SMILES string of the molecule is CC(CCCC(C)C(=O)O)NC(=O)NCCNC(N)=O. The number of hydrogen-bond donors (Lipinski definition) is 5. The summed E-state index contributed by atoms with van der Waals surface area (Å²) in [7, 11) is 0. The van der Waals surface area contributed by atoms with Crippen LogP contribution in [0.3, 0.4) is 0 Å². The molecule has 0 aromatic heterocycles. The second-order valence-corrected chi connectivity index (χ2v) is 4.76. The summed E-state index contributed by atoms with van der Waals surface area (Å²) in [5, 5.41) is 16.4. The summed E-state index contributed by atoms with van der Waals surface area (Å²) in [5.41, 5.74) is 4.87. The van der Waals surface area contributed by atoms with E-state index in [2.05, 4.69) is 16.0 Å². The first-order valence-electron chi connectivity index (χ1n) is 6.63. The van der Waals surface area contributed by atoms with Crippen LogP contribution in [0.5, 0.6) is 0 Å². The standard InChI is InChI=1S/C12H24N4O4/c1-8(10(17)18)4-3-5-9(2)16-12(20)15-7-6-14-11(13)19/h8-9H,3-7H2,1-2H3,(H,17,18)(H3,13,14,19)(H2,15,16,20). The smallest absolute Gasteiger partial charge is 0.315 e. The fourth-order valence-corrected chi connectivity index (χ4v) is 1.56. The van der Waals surface area contributed by atoms with Crippen LogP contribution in [-0.4, -0.2) is 42.3 Å². The van der Waals surface area contributed by atoms with Crippen LogP contribution in [0.4, 0.5) is 9.59 Å². The fourth-order valence-electron chi connectivity index (χ4n) is 1.56. The van der Waals surface area contributed by atoms with E-state index < -0.39 is 12.0 Å². The highest BCUT2D eigenvalue weighted by Gasteiger charge is 2.12. The maximum absolute atomic E-state index is 11.4. The first kappa shape index (κ1) is 18.0. The molecule has 8 nitrogen and oxygen atoms in total. The molecule has 0 aromatic carbocycles. The van der Waals surface area contributed by atoms with E-state index >= 15 is 0 Å². The monoisotopic (exact) mass is 288 g/mol. The third-order valence-corrected chi connectivity index (χ3v) is 2.78. The molecule has 2 atom stereocenters. The Bertz CT molecular complexity index is 335. The van der Waals surface area contributed by atoms with Gasteiger partial charge in [-0.1, -0.05) is 13.3 Å². The lowest BCUT2D eigenvalue weighted by molar-refractivity contribution is -0.141. The average molecular weight is 288 g/mol. The van der Waals surface area contributed by atoms with Gasteiger partial charge in [0, 0.05) is 19.1 Å². The lowest BCUT2D eigenvalue weighted by Gasteiger charge is -2.15. The van der Waals surface area contributed by atoms with E-state index in [1.54, 1.807) is 6.92 Å². The van der Waals surface area contributed by atoms with E-state index in [1.807, 2.05) is 6.92 Å². The van der Waals surface area contributed by atoms with Crippen LogP contribution in [0, 0.1) is 5.92 Å². The van der Waals surface area contributed by atoms with Crippen LogP contribution in [0.1, 0.15) is 33.1 Å². The summed E-state index contributed by atoms with van der Waals surface area (Å²) in [6, 6.07) is -0.997. The van der Waals surface area contributed by atoms with Gasteiger partial charge in [-0.2, -0.15) is 0 Å². The van der Waals surface area contributed by atoms with Crippen LogP contribution in [0.2, 0.25) is 0 Å². The second-order valence-electron chi connectivity index (χ2n) is 4.76. The van der Waals surface area contributed by atoms with Gasteiger partial charge in [0.05, 0.1) is 5.92 Å². The third kappa shape index (κ3) is 9.98. The lowest BCUT2D eigenvalue weighted by atomic mass is 10.0. The Morgan fingerprint density at radius 3 is 2.25 bits per heavy atom. The Labute approximate surface area is 118 Å². The zero-order valence-corrected chi connectivity index (χ0v) is 11.9. The zero-order valence-electron chi connectivity index (χ0n) is 11.9. The number of carbonyl (C=O) groups excluding carboxylic acids is 2. The molecule has 0 spiro atoms. The molecule has 8 heteroatoms. The molecule has 0 heterocycles. The van der Waals surface area contributed by atoms with Gasteiger partial charge < -0.3 is 26.8 Å². The number of urea groups is 2. The van der Waals surface area contributed by atoms with Gasteiger partial charge in [-0.3, -0.25) is 4.79 Å². The summed E-state index contributed by atoms with van der Waals surface area (Å²) in [6.07, 6.45) is 2.04. The Kier molecular flexibility index (Phi) is 8.89. The number of primary amides is 1. The van der Waals surface area contributed by atoms with E-state index in [-0.39, 0.29) is 31.1 Å². The summed E-state index contributed by atoms with van der Waals surface area (Å²) < 4.78 is 0. The molecule has 0 aromatic rings. The van der Waals surface area contributed by atoms with Gasteiger partial charge in [0.2, 0.25) is 0 Å². The summed E-state index contributed by atoms with van der Waals surface area (Å²) in [6.45, 7) is 4.08. The van der Waals surface area contributed by atoms with Crippen molar-refractivity contribution in [1.82, 2.24) is 16.0 Å². The van der Waals surface area contributed by atoms with Crippen LogP contribution >= 0.6 is 0 Å². The zero-order chi connectivity index (χ0) is 15.5. The van der Waals surface area contributed by atoms with Crippen molar-refractivity contribution in [3.05, 3.63) is 0 Å². The van der Waals surface area contributed by atoms with Gasteiger partial charge in [0.15, 0.2) is 0 Å². The van der Waals surface area contributed by atoms with Crippen molar-refractivity contribution in [2.45, 2.75) is 39.2 Å². The number of carboxylic acids is 1. The molecular formula is C12H24N4O4. The molecule has 2 unspecified atom stereocenters. The highest BCUT2D eigenvalue weighted by Crippen LogP contribution is 2.09. The number of aliphatic carboxylic acids is 1. The molecule has 6 N–H and O–H groups in total. The van der Waals surface area contributed by atoms with Gasteiger partial charge in [-0.05, 0) is 19.8 Å². The van der Waals surface area contributed by atoms with Crippen molar-refractivity contribution in [2.75, 3.05) is 13.1 Å². The second kappa shape index (κ2) is 9.88. The summed E-state index contributed by atoms with van der Waals surface area (Å²) >= 11 is 0. The largest absolute Gasteiger partial charge is 0.481 e. The van der Waals surface area contributed by atoms with E-state index in [0.717, 1.165) is 6.42 Å². The molecular weight excluding hydrogens is 264 g/mol. The van der Waals surface area contributed by atoms with Crippen LogP contribution in [-0.2, 0) is 4.79 Å². The molecule has 0 aliphatic rings. The molecule has 20 heavy (non-hydrogen) atoms. The van der Waals surface area contributed by atoms with Crippen LogP contribution in [0.25, 0.3) is 0 Å². The Morgan fingerprint density at radius 1 is 1.10 bits per heavy atom. The molecule has 0 saturated carbocycles. The summed E-state index contributed by atoms with van der Waals surface area (Å²) in [4.78, 5) is 32.5. The lowest BCUT2D eigenvalue weighted by Crippen LogP contribution is -2.44. The first-order chi connectivity index (χ1) is 9.32. The molecule has 0 saturated heterocycles. The van der Waals surface area contributed by atoms with E-state index in [1.165, 1.54) is 0 Å². The minimum atomic E-state index is -0.801. The molecule has 4 amide bonds. The van der Waals surface area contributed by atoms with E-state index in [0.29, 0.717) is 12.8 Å². The number of nitrogens with two attached hydrogens (primary N) is 1. The van der Waals surface area contributed by atoms with Gasteiger partial charge >= 0.3 is 18.0 Å². The molecule has 116 valence electrons. The van der Waals surface area contributed by atoms with E-state index in [9.17, 15) is 14.4 Å². The Hall–Kier alpha value is -1.99. The van der Waals surface area contributed by atoms with E-state index in [4.69, 9.17) is 10.8 Å². The maximum atomic E-state index is 11.4. The molecule has 0 bridgehead atoms. The van der Waals surface area contributed by atoms with Crippen molar-refractivity contribution in [3.63, 3.8) is 0 Å². The Balaban J connectivity index is 3.64. The molecule has 0 rings (SSSR count). The average Bonchev–Trinajstić information content (AvgIpc) is 2.34. The predicted molar refractivity (Wildman–Crippen MR) is 74.2 cm³/mol. The molecule has 0 aliphatic heterocycles. The molecule has 0 radical (unpaired) electrons. The summed E-state index contributed by atoms with van der Waals surface area (Å²) in [5.74, 6) is -1.17. The van der Waals surface area contributed by atoms with Crippen molar-refractivity contribution in [2.24, 2.45) is 11.7 Å². The van der Waals surface area contributed by atoms with Crippen molar-refractivity contribution in [3.8, 4) is 0 Å². The highest BCUT2D eigenvalue weighted by molar-refractivity contribution is 5.74. The number of nitrogens with one attached hydrogen (secondary N) is 3. The van der Waals surface area contributed by atoms with Crippen molar-refractivity contribution < 1.29 is 19.5 Å². The Morgan fingerprint density at radius 2 is 1.70 bits per heavy atom. The molecule has 0 aliphatic carbocycles. The van der Waals surface area contributed by atoms with Crippen molar-refractivity contribution >= 4 is 18.0 Å². The molecule has 0 fully saturated rings. The highest BCUT2D eigenvalue weighted by atomic mass is 16.4. The van der Waals surface area contributed by atoms with Crippen molar-refractivity contribution in [1.29, 1.82) is 0 Å². The maximum Gasteiger partial charge on any atom is 0.315 e. The normalized spacial score (nSPS) is 13.1. The number of amides is 4. The van der Waals surface area contributed by atoms with Crippen LogP contribution < -0.4 is 21.7 Å². The number of rotatable bonds is 9. The predicted octanol–water partition coefficient (Wildman–Crippen LogP) is 0.233. The van der Waals surface area contributed by atoms with Gasteiger partial charge in [0.1, 0.15) is 0 Å². The van der Waals surface area contributed by atoms with Gasteiger partial charge in [0.25, 0.3) is 0 Å². The van der Waals surface area contributed by atoms with Gasteiger partial charge in [-0.25, -0.2) is 9.59 Å². The van der Waals surface area contributed by atoms with Crippen LogP contribution in [0.15, 0.2) is 0 Å². The number of hydrogen-bond acceptors (Lipinski definition) is 3. The minimum Gasteiger partial charge on any atom is -0.481 e. The fraction of sp³-hybridized carbons (Fsp3) is 0.750. The quantitative estimate of drug-likeness (QED) is 0.388. The first-order valence-corrected chi connectivity index (χ1v) is 6.63. The number of carboxylic acid groups (broad SMARTS) is 1. The third-order valence-electron chi connectivity index (χ3n) is 2.78. The number of carbonyl (C=O) groups is 3. The minimum absolute atomic E-state index is 0.0416.